The Morgan fingerprint density at radius 1 is 0.245 bits per heavy atom. The molecule has 0 aliphatic rings. The lowest BCUT2D eigenvalue weighted by Crippen LogP contribution is -2.17. The molecule has 0 bridgehead atoms. The fraction of sp³-hybridized carbons (Fsp3) is 0.500. The van der Waals surface area contributed by atoms with Gasteiger partial charge >= 0.3 is 0 Å². The molecule has 0 aromatic heterocycles. The molecule has 0 spiro atoms. The van der Waals surface area contributed by atoms with Crippen molar-refractivity contribution in [3.63, 3.8) is 0 Å². The van der Waals surface area contributed by atoms with E-state index in [0.29, 0.717) is 0 Å². The SMILES string of the molecule is CC(C)(C)c1cc(Nc2cc(-c3cc(C(C)(C)C)cc(C(C)(C)C)c3)cc(-c3cc(C(C)(C)C)cc(C(C)(C)C)c3)c2)cc(C(C)(C)C)c1. The van der Waals surface area contributed by atoms with Gasteiger partial charge in [0.05, 0.1) is 0 Å². The van der Waals surface area contributed by atoms with E-state index in [4.69, 9.17) is 0 Å². The van der Waals surface area contributed by atoms with Crippen LogP contribution in [0.3, 0.4) is 0 Å². The second kappa shape index (κ2) is 12.8. The molecule has 1 nitrogen and oxygen atoms in total. The highest BCUT2D eigenvalue weighted by atomic mass is 14.9. The smallest absolute Gasteiger partial charge is 0.0396 e. The van der Waals surface area contributed by atoms with Crippen LogP contribution < -0.4 is 5.32 Å². The van der Waals surface area contributed by atoms with E-state index in [0.717, 1.165) is 11.4 Å². The Morgan fingerprint density at radius 2 is 0.449 bits per heavy atom. The zero-order valence-electron chi connectivity index (χ0n) is 34.4. The molecule has 4 aromatic carbocycles. The molecule has 264 valence electrons. The quantitative estimate of drug-likeness (QED) is 0.230. The first-order valence-corrected chi connectivity index (χ1v) is 18.4. The minimum atomic E-state index is 0.0358. The van der Waals surface area contributed by atoms with E-state index in [-0.39, 0.29) is 32.5 Å². The molecule has 0 heterocycles. The molecule has 49 heavy (non-hydrogen) atoms. The van der Waals surface area contributed by atoms with Gasteiger partial charge in [0.1, 0.15) is 0 Å². The number of nitrogens with one attached hydrogen (secondary N) is 1. The molecule has 1 N–H and O–H groups in total. The van der Waals surface area contributed by atoms with Gasteiger partial charge < -0.3 is 5.32 Å². The maximum Gasteiger partial charge on any atom is 0.0396 e. The van der Waals surface area contributed by atoms with Crippen molar-refractivity contribution < 1.29 is 0 Å². The van der Waals surface area contributed by atoms with Gasteiger partial charge in [-0.3, -0.25) is 0 Å². The predicted molar refractivity (Wildman–Crippen MR) is 219 cm³/mol. The summed E-state index contributed by atoms with van der Waals surface area (Å²) in [4.78, 5) is 0. The summed E-state index contributed by atoms with van der Waals surface area (Å²) >= 11 is 0. The number of anilines is 2. The summed E-state index contributed by atoms with van der Waals surface area (Å²) in [5.41, 5.74) is 15.6. The first-order valence-electron chi connectivity index (χ1n) is 18.4. The van der Waals surface area contributed by atoms with Crippen molar-refractivity contribution in [1.29, 1.82) is 0 Å². The van der Waals surface area contributed by atoms with Crippen molar-refractivity contribution in [1.82, 2.24) is 0 Å². The maximum atomic E-state index is 3.93. The highest BCUT2D eigenvalue weighted by molar-refractivity contribution is 5.81. The van der Waals surface area contributed by atoms with Crippen LogP contribution in [0.1, 0.15) is 158 Å². The number of hydrogen-bond donors (Lipinski definition) is 1. The van der Waals surface area contributed by atoms with Crippen molar-refractivity contribution in [2.75, 3.05) is 5.32 Å². The van der Waals surface area contributed by atoms with Gasteiger partial charge in [0.15, 0.2) is 0 Å². The predicted octanol–water partition coefficient (Wildman–Crippen LogP) is 14.5. The van der Waals surface area contributed by atoms with Crippen LogP contribution in [-0.4, -0.2) is 0 Å². The van der Waals surface area contributed by atoms with Crippen LogP contribution in [0.2, 0.25) is 0 Å². The molecule has 0 aliphatic heterocycles. The molecule has 0 fully saturated rings. The number of rotatable bonds is 4. The Kier molecular flexibility index (Phi) is 10.0. The molecular weight excluding hydrogens is 591 g/mol. The average molecular weight is 658 g/mol. The van der Waals surface area contributed by atoms with E-state index < -0.39 is 0 Å². The Hall–Kier alpha value is -3.32. The lowest BCUT2D eigenvalue weighted by molar-refractivity contribution is 0.568. The molecule has 1 heteroatoms. The highest BCUT2D eigenvalue weighted by Crippen LogP contribution is 2.40. The van der Waals surface area contributed by atoms with Crippen LogP contribution in [0.4, 0.5) is 11.4 Å². The molecule has 0 saturated carbocycles. The normalized spacial score (nSPS) is 13.5. The fourth-order valence-electron chi connectivity index (χ4n) is 6.09. The van der Waals surface area contributed by atoms with Gasteiger partial charge in [-0.1, -0.05) is 167 Å². The topological polar surface area (TPSA) is 12.0 Å². The molecule has 4 rings (SSSR count). The average Bonchev–Trinajstić information content (AvgIpc) is 2.93. The van der Waals surface area contributed by atoms with Gasteiger partial charge in [-0.25, -0.2) is 0 Å². The Bertz CT molecular complexity index is 1620. The Balaban J connectivity index is 2.06. The monoisotopic (exact) mass is 658 g/mol. The van der Waals surface area contributed by atoms with E-state index in [1.165, 1.54) is 55.6 Å². The third kappa shape index (κ3) is 9.48. The van der Waals surface area contributed by atoms with E-state index >= 15 is 0 Å². The number of benzene rings is 4. The van der Waals surface area contributed by atoms with Crippen molar-refractivity contribution in [2.24, 2.45) is 0 Å². The summed E-state index contributed by atoms with van der Waals surface area (Å²) < 4.78 is 0. The molecular formula is C48H67N. The molecule has 0 unspecified atom stereocenters. The van der Waals surface area contributed by atoms with E-state index in [9.17, 15) is 0 Å². The van der Waals surface area contributed by atoms with E-state index in [1.807, 2.05) is 0 Å². The van der Waals surface area contributed by atoms with Crippen LogP contribution in [-0.2, 0) is 32.5 Å². The van der Waals surface area contributed by atoms with Crippen LogP contribution >= 0.6 is 0 Å². The second-order valence-electron chi connectivity index (χ2n) is 20.8. The summed E-state index contributed by atoms with van der Waals surface area (Å²) in [6.07, 6.45) is 0. The third-order valence-electron chi connectivity index (χ3n) is 9.88. The van der Waals surface area contributed by atoms with Gasteiger partial charge in [0.2, 0.25) is 0 Å². The fourth-order valence-corrected chi connectivity index (χ4v) is 6.09. The minimum Gasteiger partial charge on any atom is -0.355 e. The van der Waals surface area contributed by atoms with Crippen molar-refractivity contribution in [3.05, 3.63) is 106 Å². The van der Waals surface area contributed by atoms with Crippen molar-refractivity contribution in [3.8, 4) is 22.3 Å². The summed E-state index contributed by atoms with van der Waals surface area (Å²) in [5.74, 6) is 0. The molecule has 0 amide bonds. The largest absolute Gasteiger partial charge is 0.355 e. The number of hydrogen-bond acceptors (Lipinski definition) is 1. The first-order chi connectivity index (χ1) is 22.0. The lowest BCUT2D eigenvalue weighted by atomic mass is 9.78. The van der Waals surface area contributed by atoms with Crippen LogP contribution in [0.15, 0.2) is 72.8 Å². The summed E-state index contributed by atoms with van der Waals surface area (Å²) in [6.45, 7) is 41.7. The van der Waals surface area contributed by atoms with Gasteiger partial charge in [-0.05, 0) is 118 Å². The molecule has 0 aliphatic carbocycles. The van der Waals surface area contributed by atoms with Crippen LogP contribution in [0.25, 0.3) is 22.3 Å². The zero-order valence-corrected chi connectivity index (χ0v) is 34.4. The molecule has 0 radical (unpaired) electrons. The molecule has 4 aromatic rings. The summed E-state index contributed by atoms with van der Waals surface area (Å²) in [6, 6.07) is 28.7. The molecule has 0 saturated heterocycles. The third-order valence-corrected chi connectivity index (χ3v) is 9.88. The molecule has 0 atom stereocenters. The Morgan fingerprint density at radius 3 is 0.694 bits per heavy atom. The summed E-state index contributed by atoms with van der Waals surface area (Å²) in [7, 11) is 0. The zero-order chi connectivity index (χ0) is 37.1. The summed E-state index contributed by atoms with van der Waals surface area (Å²) in [5, 5.41) is 3.93. The second-order valence-corrected chi connectivity index (χ2v) is 20.8. The van der Waals surface area contributed by atoms with Crippen LogP contribution in [0, 0.1) is 0 Å². The maximum absolute atomic E-state index is 3.93. The van der Waals surface area contributed by atoms with Gasteiger partial charge in [0.25, 0.3) is 0 Å². The lowest BCUT2D eigenvalue weighted by Gasteiger charge is -2.28. The minimum absolute atomic E-state index is 0.0358. The van der Waals surface area contributed by atoms with E-state index in [1.54, 1.807) is 0 Å². The van der Waals surface area contributed by atoms with Crippen LogP contribution in [0.5, 0.6) is 0 Å². The van der Waals surface area contributed by atoms with Gasteiger partial charge in [-0.15, -0.1) is 0 Å². The van der Waals surface area contributed by atoms with Crippen molar-refractivity contribution in [2.45, 2.75) is 157 Å². The Labute approximate surface area is 301 Å². The van der Waals surface area contributed by atoms with Gasteiger partial charge in [0, 0.05) is 11.4 Å². The first kappa shape index (κ1) is 38.5. The highest BCUT2D eigenvalue weighted by Gasteiger charge is 2.25. The van der Waals surface area contributed by atoms with Gasteiger partial charge in [-0.2, -0.15) is 0 Å². The van der Waals surface area contributed by atoms with Crippen molar-refractivity contribution >= 4 is 11.4 Å². The standard InChI is InChI=1S/C48H67N/c1-43(2,3)35-20-33(21-36(26-35)44(4,5)6)31-19-32(34-22-37(45(7,8)9)27-38(23-34)46(10,11)12)25-41(24-31)49-42-29-39(47(13,14)15)28-40(30-42)48(16,17)18/h19-30,49H,1-18H3. The van der Waals surface area contributed by atoms with E-state index in [2.05, 4.69) is 203 Å².